The van der Waals surface area contributed by atoms with Crippen LogP contribution in [0.3, 0.4) is 0 Å². The van der Waals surface area contributed by atoms with Crippen LogP contribution >= 0.6 is 12.4 Å². The number of nitrogens with one attached hydrogen (secondary N) is 2. The van der Waals surface area contributed by atoms with Crippen LogP contribution in [0, 0.1) is 5.41 Å². The monoisotopic (exact) mass is 220 g/mol. The highest BCUT2D eigenvalue weighted by atomic mass is 35.5. The van der Waals surface area contributed by atoms with Gasteiger partial charge in [0.05, 0.1) is 0 Å². The van der Waals surface area contributed by atoms with Crippen molar-refractivity contribution in [2.45, 2.75) is 19.8 Å². The quantitative estimate of drug-likeness (QED) is 0.226. The Bertz CT molecular complexity index is 161. The molecule has 0 aromatic rings. The third kappa shape index (κ3) is 14.4. The van der Waals surface area contributed by atoms with Crippen molar-refractivity contribution < 1.29 is 0 Å². The molecule has 75 valence electrons. The number of nitrogens with two attached hydrogens (primary N) is 2. The Morgan fingerprint density at radius 1 is 1.46 bits per heavy atom. The molecule has 0 aliphatic rings. The molecule has 0 rings (SSSR count). The largest absolute Gasteiger partial charge is 0.370 e. The summed E-state index contributed by atoms with van der Waals surface area (Å²) in [5, 5.41) is 9.20. The second-order valence-corrected chi connectivity index (χ2v) is 2.16. The Labute approximate surface area is 95.4 Å². The van der Waals surface area contributed by atoms with Gasteiger partial charge in [-0.25, -0.2) is 0 Å². The number of rotatable bonds is 3. The van der Waals surface area contributed by atoms with Gasteiger partial charge >= 0.3 is 0 Å². The number of hydrogen-bond donors (Lipinski definition) is 4. The molecule has 0 aliphatic carbocycles. The van der Waals surface area contributed by atoms with Gasteiger partial charge in [-0.15, -0.1) is 12.4 Å². The van der Waals surface area contributed by atoms with Crippen molar-refractivity contribution in [3.8, 4) is 0 Å². The third-order valence-electron chi connectivity index (χ3n) is 1.06. The molecule has 13 heavy (non-hydrogen) atoms. The fourth-order valence-corrected chi connectivity index (χ4v) is 0.535. The molecule has 0 saturated heterocycles. The van der Waals surface area contributed by atoms with E-state index in [4.69, 9.17) is 16.9 Å². The first kappa shape index (κ1) is 18.4. The predicted molar refractivity (Wildman–Crippen MR) is 59.4 cm³/mol. The highest BCUT2D eigenvalue weighted by Crippen LogP contribution is 1.85. The third-order valence-corrected chi connectivity index (χ3v) is 1.06. The summed E-state index contributed by atoms with van der Waals surface area (Å²) < 4.78 is 0. The minimum absolute atomic E-state index is 0. The van der Waals surface area contributed by atoms with Crippen molar-refractivity contribution in [3.05, 3.63) is 0 Å². The van der Waals surface area contributed by atoms with Gasteiger partial charge in [-0.2, -0.15) is 0 Å². The maximum absolute atomic E-state index is 6.81. The van der Waals surface area contributed by atoms with Crippen LogP contribution < -0.4 is 16.8 Å². The maximum atomic E-state index is 6.81. The molecule has 0 fully saturated rings. The zero-order valence-electron chi connectivity index (χ0n) is 7.71. The van der Waals surface area contributed by atoms with E-state index in [0.717, 1.165) is 12.8 Å². The molecule has 0 aromatic heterocycles. The van der Waals surface area contributed by atoms with Crippen molar-refractivity contribution in [2.75, 3.05) is 6.54 Å². The lowest BCUT2D eigenvalue weighted by molar-refractivity contribution is 0.804. The van der Waals surface area contributed by atoms with E-state index in [0.29, 0.717) is 6.54 Å². The lowest BCUT2D eigenvalue weighted by Gasteiger charge is -2.00. The SMILES string of the molecule is CCCCN=C(N)NC(=N)N.Cl.[Al]. The van der Waals surface area contributed by atoms with E-state index in [1.54, 1.807) is 0 Å². The minimum atomic E-state index is -0.178. The summed E-state index contributed by atoms with van der Waals surface area (Å²) in [6.45, 7) is 2.76. The Hall–Kier alpha value is -0.438. The second-order valence-electron chi connectivity index (χ2n) is 2.16. The molecule has 5 nitrogen and oxygen atoms in total. The van der Waals surface area contributed by atoms with Gasteiger partial charge in [-0.3, -0.25) is 15.7 Å². The van der Waals surface area contributed by atoms with Gasteiger partial charge in [0, 0.05) is 23.9 Å². The van der Waals surface area contributed by atoms with Gasteiger partial charge in [0.15, 0.2) is 11.9 Å². The molecule has 6 N–H and O–H groups in total. The number of hydrogen-bond acceptors (Lipinski definition) is 2. The maximum Gasteiger partial charge on any atom is 0.195 e. The number of nitrogens with zero attached hydrogens (tertiary/aromatic N) is 1. The first-order valence-electron chi connectivity index (χ1n) is 3.57. The van der Waals surface area contributed by atoms with Crippen LogP contribution in [0.2, 0.25) is 0 Å². The van der Waals surface area contributed by atoms with Crippen LogP contribution in [0.5, 0.6) is 0 Å². The Morgan fingerprint density at radius 2 is 2.00 bits per heavy atom. The van der Waals surface area contributed by atoms with Crippen LogP contribution in [0.15, 0.2) is 4.99 Å². The average molecular weight is 221 g/mol. The first-order chi connectivity index (χ1) is 5.16. The smallest absolute Gasteiger partial charge is 0.195 e. The van der Waals surface area contributed by atoms with E-state index in [9.17, 15) is 0 Å². The molecule has 0 atom stereocenters. The summed E-state index contributed by atoms with van der Waals surface area (Å²) in [4.78, 5) is 3.92. The molecule has 0 unspecified atom stereocenters. The van der Waals surface area contributed by atoms with Gasteiger partial charge < -0.3 is 11.5 Å². The van der Waals surface area contributed by atoms with Crippen molar-refractivity contribution in [1.29, 1.82) is 5.41 Å². The van der Waals surface area contributed by atoms with E-state index in [1.807, 2.05) is 0 Å². The summed E-state index contributed by atoms with van der Waals surface area (Å²) in [6.07, 6.45) is 2.08. The zero-order valence-corrected chi connectivity index (χ0v) is 9.68. The van der Waals surface area contributed by atoms with E-state index in [2.05, 4.69) is 17.2 Å². The van der Waals surface area contributed by atoms with E-state index in [1.165, 1.54) is 0 Å². The molecule has 0 aliphatic heterocycles. The topological polar surface area (TPSA) is 100 Å². The molecule has 7 heteroatoms. The molecule has 0 saturated carbocycles. The molecule has 0 spiro atoms. The summed E-state index contributed by atoms with van der Waals surface area (Å²) in [6, 6.07) is 0. The summed E-state index contributed by atoms with van der Waals surface area (Å²) in [5.41, 5.74) is 10.3. The molecule has 0 heterocycles. The average Bonchev–Trinajstić information content (AvgIpc) is 1.86. The number of aliphatic imine (C=N–C) groups is 1. The van der Waals surface area contributed by atoms with Gasteiger partial charge in [0.1, 0.15) is 0 Å². The highest BCUT2D eigenvalue weighted by molar-refractivity contribution is 5.95. The van der Waals surface area contributed by atoms with E-state index >= 15 is 0 Å². The van der Waals surface area contributed by atoms with Crippen molar-refractivity contribution in [2.24, 2.45) is 16.5 Å². The van der Waals surface area contributed by atoms with Gasteiger partial charge in [-0.05, 0) is 6.42 Å². The number of guanidine groups is 2. The van der Waals surface area contributed by atoms with E-state index < -0.39 is 0 Å². The molecule has 0 amide bonds. The van der Waals surface area contributed by atoms with Crippen molar-refractivity contribution >= 4 is 41.7 Å². The lowest BCUT2D eigenvalue weighted by Crippen LogP contribution is -2.40. The van der Waals surface area contributed by atoms with Crippen LogP contribution in [0.25, 0.3) is 0 Å². The molecular weight excluding hydrogens is 205 g/mol. The van der Waals surface area contributed by atoms with Gasteiger partial charge in [0.2, 0.25) is 0 Å². The lowest BCUT2D eigenvalue weighted by atomic mass is 10.3. The van der Waals surface area contributed by atoms with Crippen LogP contribution in [0.1, 0.15) is 19.8 Å². The van der Waals surface area contributed by atoms with Crippen molar-refractivity contribution in [3.63, 3.8) is 0 Å². The van der Waals surface area contributed by atoms with Crippen LogP contribution in [-0.2, 0) is 0 Å². The van der Waals surface area contributed by atoms with Gasteiger partial charge in [-0.1, -0.05) is 13.3 Å². The Balaban J connectivity index is -0.000000500. The number of unbranched alkanes of at least 4 members (excludes halogenated alkanes) is 1. The molecule has 0 bridgehead atoms. The van der Waals surface area contributed by atoms with Crippen molar-refractivity contribution in [1.82, 2.24) is 5.32 Å². The predicted octanol–water partition coefficient (Wildman–Crippen LogP) is -0.375. The van der Waals surface area contributed by atoms with Crippen LogP contribution in [0.4, 0.5) is 0 Å². The van der Waals surface area contributed by atoms with E-state index in [-0.39, 0.29) is 41.7 Å². The first-order valence-corrected chi connectivity index (χ1v) is 3.57. The van der Waals surface area contributed by atoms with Gasteiger partial charge in [0.25, 0.3) is 0 Å². The molecule has 3 radical (unpaired) electrons. The number of halogens is 1. The van der Waals surface area contributed by atoms with Crippen LogP contribution in [-0.4, -0.2) is 35.8 Å². The second kappa shape index (κ2) is 11.6. The normalized spacial score (nSPS) is 9.46. The standard InChI is InChI=1S/C6H15N5.Al.ClH/c1-2-3-4-10-6(9)11-5(7)8;;/h2-4H2,1H3,(H6,7,8,9,10,11);;1H. The Morgan fingerprint density at radius 3 is 2.38 bits per heavy atom. The Kier molecular flexibility index (Phi) is 16.3. The summed E-state index contributed by atoms with van der Waals surface area (Å²) in [7, 11) is 0. The zero-order chi connectivity index (χ0) is 8.69. The molecular formula is C6H16AlClN5. The molecule has 0 aromatic carbocycles. The summed E-state index contributed by atoms with van der Waals surface area (Å²) >= 11 is 0. The summed E-state index contributed by atoms with van der Waals surface area (Å²) in [5.74, 6) is 0.0358. The fourth-order valence-electron chi connectivity index (χ4n) is 0.535. The fraction of sp³-hybridized carbons (Fsp3) is 0.667. The highest BCUT2D eigenvalue weighted by Gasteiger charge is 1.90. The minimum Gasteiger partial charge on any atom is -0.370 e.